The number of likely N-dealkylation sites (N-methyl/N-ethyl adjacent to an activating group) is 1. The summed E-state index contributed by atoms with van der Waals surface area (Å²) in [4.78, 5) is 144. The molecule has 0 aliphatic carbocycles. The molecule has 0 bridgehead atoms. The van der Waals surface area contributed by atoms with Crippen molar-refractivity contribution in [1.82, 2.24) is 51.1 Å². The monoisotopic (exact) mass is 1140 g/mol. The van der Waals surface area contributed by atoms with E-state index in [1.165, 1.54) is 19.6 Å². The van der Waals surface area contributed by atoms with Crippen molar-refractivity contribution in [3.63, 3.8) is 0 Å². The van der Waals surface area contributed by atoms with Crippen molar-refractivity contribution in [2.24, 2.45) is 0 Å². The van der Waals surface area contributed by atoms with Crippen LogP contribution < -0.4 is 195 Å². The molecule has 0 aliphatic rings. The molecular weight excluding hydrogens is 1090 g/mol. The predicted molar refractivity (Wildman–Crippen MR) is 179 cm³/mol. The first-order chi connectivity index (χ1) is 28.1. The van der Waals surface area contributed by atoms with Gasteiger partial charge in [-0.1, -0.05) is 6.92 Å². The quantitative estimate of drug-likeness (QED) is 0.0225. The Balaban J connectivity index is -0.0000000812. The predicted octanol–water partition coefficient (Wildman–Crippen LogP) is -28.4. The minimum atomic E-state index is -1.42. The second-order valence-electron chi connectivity index (χ2n) is 10.9. The van der Waals surface area contributed by atoms with Gasteiger partial charge in [0.25, 0.3) is 5.91 Å². The van der Waals surface area contributed by atoms with Gasteiger partial charge in [-0.05, 0) is 19.6 Å². The first-order valence-corrected chi connectivity index (χ1v) is 16.4. The topological polar surface area (TPSA) is 422 Å². The molecule has 66 heavy (non-hydrogen) atoms. The van der Waals surface area contributed by atoms with Crippen LogP contribution in [0.15, 0.2) is 0 Å². The Hall–Kier alpha value is -0.0553. The molecule has 0 saturated heterocycles. The van der Waals surface area contributed by atoms with Crippen LogP contribution in [0.2, 0.25) is 0 Å². The summed E-state index contributed by atoms with van der Waals surface area (Å²) in [7, 11) is 10.8. The molecule has 0 saturated carbocycles. The van der Waals surface area contributed by atoms with E-state index >= 15 is 0 Å². The Labute approximate surface area is 523 Å². The maximum absolute atomic E-state index is 11.9. The van der Waals surface area contributed by atoms with Gasteiger partial charge in [-0.2, -0.15) is 28.8 Å². The summed E-state index contributed by atoms with van der Waals surface area (Å²) in [5.74, 6) is -8.09. The number of carboxylic acids is 5. The van der Waals surface area contributed by atoms with Crippen molar-refractivity contribution in [2.45, 2.75) is 6.92 Å². The van der Waals surface area contributed by atoms with Crippen LogP contribution >= 0.6 is 0 Å². The zero-order valence-corrected chi connectivity index (χ0v) is 50.1. The number of nitrogens with zero attached hydrogens (tertiary/aromatic N) is 6. The van der Waals surface area contributed by atoms with Crippen LogP contribution in [0.4, 0.5) is 0 Å². The zero-order chi connectivity index (χ0) is 47.5. The smallest absolute Gasteiger partial charge is 0.609 e. The number of hydrogen-bond donors (Lipinski definition) is 4. The maximum Gasteiger partial charge on any atom is 3.00 e. The summed E-state index contributed by atoms with van der Waals surface area (Å²) in [6, 6.07) is 0. The van der Waals surface area contributed by atoms with Crippen LogP contribution in [0, 0.1) is 61.1 Å². The van der Waals surface area contributed by atoms with Crippen molar-refractivity contribution in [3.05, 3.63) is 21.1 Å². The van der Waals surface area contributed by atoms with Crippen molar-refractivity contribution in [2.75, 3.05) is 105 Å². The second-order valence-corrected chi connectivity index (χ2v) is 10.9. The fourth-order valence-electron chi connectivity index (χ4n) is 3.79. The minimum absolute atomic E-state index is 0. The van der Waals surface area contributed by atoms with Gasteiger partial charge in [0.2, 0.25) is 12.3 Å². The molecule has 4 N–H and O–H groups in total. The summed E-state index contributed by atoms with van der Waals surface area (Å²) >= 11 is 0. The molecule has 0 aromatic rings. The van der Waals surface area contributed by atoms with Gasteiger partial charge >= 0.3 is 206 Å². The Bertz CT molecular complexity index is 1360. The number of carbonyl (C=O) groups excluding carboxylic acids is 14. The van der Waals surface area contributed by atoms with E-state index in [0.717, 1.165) is 4.90 Å². The molecule has 0 fully saturated rings. The van der Waals surface area contributed by atoms with Gasteiger partial charge in [0.15, 0.2) is 0 Å². The van der Waals surface area contributed by atoms with E-state index in [0.29, 0.717) is 26.2 Å². The summed E-state index contributed by atoms with van der Waals surface area (Å²) in [5, 5.41) is 53.6. The SMILES string of the molecule is O=C=O.O=C=O.O=C=O.[CH2-]N(CC)CCN(CCN(CC(=O)[O-])CC(=O)[O-])CC(=O)[O-].[CH2-]N([CH2-])CCN(CCN(CC(=O)[O-])CC(=O)NNCC(=O)NNC=O)CC(=O)[O-].[Gd+3].[Na+].[Na+].[Na+].[Na+].[Na+]. The molecule has 0 unspecified atom stereocenters. The van der Waals surface area contributed by atoms with E-state index in [-0.39, 0.29) is 271 Å². The Morgan fingerprint density at radius 1 is 0.485 bits per heavy atom. The summed E-state index contributed by atoms with van der Waals surface area (Å²) in [6.07, 6.45) is 1.00. The average Bonchev–Trinajstić information content (AvgIpc) is 3.12. The van der Waals surface area contributed by atoms with Gasteiger partial charge in [-0.15, -0.1) is 0 Å². The number of hydrazine groups is 2. The minimum Gasteiger partial charge on any atom is -0.609 e. The number of aliphatic carboxylic acids is 5. The van der Waals surface area contributed by atoms with Gasteiger partial charge in [-0.3, -0.25) is 57.3 Å². The summed E-state index contributed by atoms with van der Waals surface area (Å²) in [6.45, 7) is 1.44. The van der Waals surface area contributed by atoms with E-state index in [9.17, 15) is 63.9 Å². The number of rotatable bonds is 30. The normalized spacial score (nSPS) is 8.88. The van der Waals surface area contributed by atoms with Crippen LogP contribution in [-0.2, 0) is 67.1 Å². The van der Waals surface area contributed by atoms with Crippen LogP contribution in [0.1, 0.15) is 6.92 Å². The molecule has 3 amide bonds. The fraction of sp³-hybridized carbons (Fsp3) is 0.548. The Morgan fingerprint density at radius 3 is 1.08 bits per heavy atom. The number of carboxylic acid groups (broad SMARTS) is 5. The molecule has 0 spiro atoms. The second kappa shape index (κ2) is 67.0. The third-order valence-electron chi connectivity index (χ3n) is 6.26. The molecule has 0 aromatic carbocycles. The Kier molecular flexibility index (Phi) is 93.6. The van der Waals surface area contributed by atoms with Crippen LogP contribution in [0.5, 0.6) is 0 Å². The van der Waals surface area contributed by atoms with Gasteiger partial charge < -0.3 is 73.4 Å². The summed E-state index contributed by atoms with van der Waals surface area (Å²) in [5.41, 5.74) is 8.42. The average molecular weight is 1130 g/mol. The number of hydrogen-bond acceptors (Lipinski definition) is 26. The number of amides is 3. The van der Waals surface area contributed by atoms with E-state index in [1.54, 1.807) is 4.90 Å². The molecule has 347 valence electrons. The number of carbonyl (C=O) groups is 8. The molecule has 0 aliphatic heterocycles. The molecule has 1 radical (unpaired) electrons. The largest absolute Gasteiger partial charge is 3.00 e. The van der Waals surface area contributed by atoms with Gasteiger partial charge in [0.05, 0.1) is 42.9 Å². The van der Waals surface area contributed by atoms with Gasteiger partial charge in [-0.25, -0.2) is 5.43 Å². The van der Waals surface area contributed by atoms with Crippen molar-refractivity contribution in [1.29, 1.82) is 0 Å². The van der Waals surface area contributed by atoms with Crippen molar-refractivity contribution >= 4 is 66.5 Å². The molecule has 0 atom stereocenters. The third kappa shape index (κ3) is 80.9. The van der Waals surface area contributed by atoms with Crippen LogP contribution in [0.25, 0.3) is 0 Å². The first kappa shape index (κ1) is 92.1. The van der Waals surface area contributed by atoms with E-state index in [4.69, 9.17) is 28.8 Å². The van der Waals surface area contributed by atoms with E-state index < -0.39 is 61.3 Å². The fourth-order valence-corrected chi connectivity index (χ4v) is 3.79. The molecule has 29 nitrogen and oxygen atoms in total. The van der Waals surface area contributed by atoms with Crippen LogP contribution in [0.3, 0.4) is 0 Å². The standard InChI is InChI=1S/C15H27N7O7.C13H24N3O6.3CO2.Gd.5Na/c1-20(2)3-4-21(9-14(26)27)5-6-22(10-15(28)29)8-13(25)19-16-7-12(24)18-17-11-23;1-3-14(2)4-5-15(8-11(17)18)6-7-16(9-12(19)20)10-13(21)22;3*2-1-3;;;;;;/h11,16H,1-10H2,(H,17,23)(H,18,24)(H,19,25)(H,26,27)(H,28,29);2-10H2,1H3,(H,17,18)(H,19,20)(H,21,22);;;;;;;;;/q-2;-1;;;;+3;5*+1/p-5. The van der Waals surface area contributed by atoms with Gasteiger partial charge in [0.1, 0.15) is 0 Å². The van der Waals surface area contributed by atoms with Crippen LogP contribution in [-0.4, -0.2) is 201 Å². The molecular formula is C31H46GdN10Na5O19. The molecule has 0 heterocycles. The zero-order valence-electron chi connectivity index (χ0n) is 37.8. The molecule has 0 rings (SSSR count). The number of nitrogens with one attached hydrogen (secondary N) is 4. The molecule has 0 aromatic heterocycles. The van der Waals surface area contributed by atoms with Crippen molar-refractivity contribution < 1.29 is 280 Å². The van der Waals surface area contributed by atoms with Gasteiger partial charge in [0, 0.05) is 72.0 Å². The first-order valence-electron chi connectivity index (χ1n) is 16.4. The Morgan fingerprint density at radius 2 is 0.773 bits per heavy atom. The maximum atomic E-state index is 11.9. The van der Waals surface area contributed by atoms with E-state index in [1.807, 2.05) is 17.8 Å². The van der Waals surface area contributed by atoms with Crippen molar-refractivity contribution in [3.8, 4) is 0 Å². The molecule has 35 heteroatoms. The summed E-state index contributed by atoms with van der Waals surface area (Å²) < 4.78 is 0. The third-order valence-corrected chi connectivity index (χ3v) is 6.26. The van der Waals surface area contributed by atoms with E-state index in [2.05, 4.69) is 32.0 Å².